The SMILES string of the molecule is C/C=C(/F)CC#CC(C)C. The van der Waals surface area contributed by atoms with E-state index in [0.29, 0.717) is 5.92 Å². The van der Waals surface area contributed by atoms with Gasteiger partial charge in [-0.15, -0.1) is 5.92 Å². The van der Waals surface area contributed by atoms with Crippen LogP contribution in [0.2, 0.25) is 0 Å². The first-order chi connectivity index (χ1) is 4.66. The van der Waals surface area contributed by atoms with Crippen molar-refractivity contribution in [2.75, 3.05) is 0 Å². The van der Waals surface area contributed by atoms with Gasteiger partial charge < -0.3 is 0 Å². The van der Waals surface area contributed by atoms with Gasteiger partial charge in [-0.1, -0.05) is 25.8 Å². The number of allylic oxidation sites excluding steroid dienone is 2. The summed E-state index contributed by atoms with van der Waals surface area (Å²) in [4.78, 5) is 0. The molecule has 0 heterocycles. The average Bonchev–Trinajstić information content (AvgIpc) is 1.87. The van der Waals surface area contributed by atoms with Gasteiger partial charge in [-0.05, 0) is 6.92 Å². The first-order valence-electron chi connectivity index (χ1n) is 3.46. The Morgan fingerprint density at radius 1 is 1.60 bits per heavy atom. The van der Waals surface area contributed by atoms with E-state index in [0.717, 1.165) is 0 Å². The third-order valence-electron chi connectivity index (χ3n) is 0.961. The van der Waals surface area contributed by atoms with Crippen molar-refractivity contribution in [1.82, 2.24) is 0 Å². The smallest absolute Gasteiger partial charge is 0.108 e. The molecule has 56 valence electrons. The summed E-state index contributed by atoms with van der Waals surface area (Å²) >= 11 is 0. The molecule has 0 aromatic carbocycles. The molecule has 0 aliphatic rings. The lowest BCUT2D eigenvalue weighted by molar-refractivity contribution is 0.619. The van der Waals surface area contributed by atoms with E-state index in [1.54, 1.807) is 6.92 Å². The highest BCUT2D eigenvalue weighted by molar-refractivity contribution is 5.09. The van der Waals surface area contributed by atoms with Crippen LogP contribution in [0.4, 0.5) is 4.39 Å². The Morgan fingerprint density at radius 3 is 2.60 bits per heavy atom. The van der Waals surface area contributed by atoms with E-state index in [1.807, 2.05) is 13.8 Å². The Labute approximate surface area is 62.1 Å². The second-order valence-electron chi connectivity index (χ2n) is 2.39. The number of rotatable bonds is 1. The Hall–Kier alpha value is -0.770. The fourth-order valence-corrected chi connectivity index (χ4v) is 0.442. The van der Waals surface area contributed by atoms with Crippen molar-refractivity contribution < 1.29 is 4.39 Å². The standard InChI is InChI=1S/C9H13F/c1-4-9(10)7-5-6-8(2)3/h4,8H,7H2,1-3H3/b9-4+. The highest BCUT2D eigenvalue weighted by atomic mass is 19.1. The lowest BCUT2D eigenvalue weighted by atomic mass is 10.2. The molecule has 0 aliphatic heterocycles. The summed E-state index contributed by atoms with van der Waals surface area (Å²) in [6.07, 6.45) is 1.70. The highest BCUT2D eigenvalue weighted by Gasteiger charge is 1.86. The molecule has 0 spiro atoms. The van der Waals surface area contributed by atoms with E-state index in [9.17, 15) is 4.39 Å². The average molecular weight is 140 g/mol. The molecule has 0 aromatic heterocycles. The second kappa shape index (κ2) is 5.05. The van der Waals surface area contributed by atoms with E-state index in [1.165, 1.54) is 6.08 Å². The maximum absolute atomic E-state index is 12.3. The van der Waals surface area contributed by atoms with Crippen LogP contribution in [0.1, 0.15) is 27.2 Å². The largest absolute Gasteiger partial charge is 0.211 e. The van der Waals surface area contributed by atoms with Crippen LogP contribution in [-0.4, -0.2) is 0 Å². The molecule has 0 saturated heterocycles. The maximum Gasteiger partial charge on any atom is 0.108 e. The van der Waals surface area contributed by atoms with Crippen LogP contribution < -0.4 is 0 Å². The molecule has 0 rings (SSSR count). The molecule has 1 heteroatoms. The summed E-state index contributed by atoms with van der Waals surface area (Å²) in [6, 6.07) is 0. The van der Waals surface area contributed by atoms with Crippen LogP contribution >= 0.6 is 0 Å². The van der Waals surface area contributed by atoms with Gasteiger partial charge in [0.2, 0.25) is 0 Å². The van der Waals surface area contributed by atoms with Gasteiger partial charge in [-0.3, -0.25) is 0 Å². The lowest BCUT2D eigenvalue weighted by Gasteiger charge is -1.87. The molecule has 0 N–H and O–H groups in total. The number of halogens is 1. The zero-order valence-corrected chi connectivity index (χ0v) is 6.74. The van der Waals surface area contributed by atoms with Crippen molar-refractivity contribution in [3.63, 3.8) is 0 Å². The lowest BCUT2D eigenvalue weighted by Crippen LogP contribution is -1.77. The first kappa shape index (κ1) is 9.23. The highest BCUT2D eigenvalue weighted by Crippen LogP contribution is 2.00. The summed E-state index contributed by atoms with van der Waals surface area (Å²) in [5.74, 6) is 5.81. The van der Waals surface area contributed by atoms with E-state index < -0.39 is 0 Å². The predicted octanol–water partition coefficient (Wildman–Crippen LogP) is 2.91. The third-order valence-corrected chi connectivity index (χ3v) is 0.961. The Bertz CT molecular complexity index is 167. The third kappa shape index (κ3) is 5.37. The van der Waals surface area contributed by atoms with E-state index in [2.05, 4.69) is 11.8 Å². The summed E-state index contributed by atoms with van der Waals surface area (Å²) in [5, 5.41) is 0. The van der Waals surface area contributed by atoms with Gasteiger partial charge in [-0.25, -0.2) is 4.39 Å². The summed E-state index contributed by atoms with van der Waals surface area (Å²) in [6.45, 7) is 5.65. The summed E-state index contributed by atoms with van der Waals surface area (Å²) in [7, 11) is 0. The van der Waals surface area contributed by atoms with Crippen LogP contribution in [0.5, 0.6) is 0 Å². The fourth-order valence-electron chi connectivity index (χ4n) is 0.442. The van der Waals surface area contributed by atoms with Crippen molar-refractivity contribution in [1.29, 1.82) is 0 Å². The van der Waals surface area contributed by atoms with Crippen LogP contribution in [0.3, 0.4) is 0 Å². The minimum atomic E-state index is -0.145. The Balaban J connectivity index is 3.66. The molecule has 0 saturated carbocycles. The molecular weight excluding hydrogens is 127 g/mol. The minimum absolute atomic E-state index is 0.145. The predicted molar refractivity (Wildman–Crippen MR) is 42.1 cm³/mol. The van der Waals surface area contributed by atoms with Crippen LogP contribution in [-0.2, 0) is 0 Å². The molecule has 0 fully saturated rings. The fraction of sp³-hybridized carbons (Fsp3) is 0.556. The summed E-state index contributed by atoms with van der Waals surface area (Å²) < 4.78 is 12.3. The molecule has 10 heavy (non-hydrogen) atoms. The van der Waals surface area contributed by atoms with E-state index in [4.69, 9.17) is 0 Å². The zero-order chi connectivity index (χ0) is 7.98. The Kier molecular flexibility index (Phi) is 4.66. The number of hydrogen-bond donors (Lipinski definition) is 0. The van der Waals surface area contributed by atoms with Crippen molar-refractivity contribution in [2.45, 2.75) is 27.2 Å². The van der Waals surface area contributed by atoms with Crippen LogP contribution in [0.25, 0.3) is 0 Å². The van der Waals surface area contributed by atoms with Crippen molar-refractivity contribution >= 4 is 0 Å². The van der Waals surface area contributed by atoms with Crippen LogP contribution in [0, 0.1) is 17.8 Å². The quantitative estimate of drug-likeness (QED) is 0.491. The van der Waals surface area contributed by atoms with Crippen molar-refractivity contribution in [2.24, 2.45) is 5.92 Å². The Morgan fingerprint density at radius 2 is 2.20 bits per heavy atom. The zero-order valence-electron chi connectivity index (χ0n) is 6.74. The van der Waals surface area contributed by atoms with Gasteiger partial charge >= 0.3 is 0 Å². The minimum Gasteiger partial charge on any atom is -0.211 e. The van der Waals surface area contributed by atoms with E-state index >= 15 is 0 Å². The molecule has 0 radical (unpaired) electrons. The maximum atomic E-state index is 12.3. The van der Waals surface area contributed by atoms with Gasteiger partial charge in [0, 0.05) is 5.92 Å². The van der Waals surface area contributed by atoms with Crippen molar-refractivity contribution in [3.8, 4) is 11.8 Å². The second-order valence-corrected chi connectivity index (χ2v) is 2.39. The molecule has 0 aromatic rings. The molecule has 0 aliphatic carbocycles. The van der Waals surface area contributed by atoms with Crippen LogP contribution in [0.15, 0.2) is 11.9 Å². The summed E-state index contributed by atoms with van der Waals surface area (Å²) in [5.41, 5.74) is 0. The molecular formula is C9H13F. The molecule has 0 bridgehead atoms. The van der Waals surface area contributed by atoms with E-state index in [-0.39, 0.29) is 12.2 Å². The first-order valence-corrected chi connectivity index (χ1v) is 3.46. The molecule has 0 amide bonds. The monoisotopic (exact) mass is 140 g/mol. The topological polar surface area (TPSA) is 0 Å². The van der Waals surface area contributed by atoms with Gasteiger partial charge in [0.05, 0.1) is 6.42 Å². The molecule has 0 nitrogen and oxygen atoms in total. The van der Waals surface area contributed by atoms with Gasteiger partial charge in [0.25, 0.3) is 0 Å². The molecule has 0 atom stereocenters. The van der Waals surface area contributed by atoms with Gasteiger partial charge in [-0.2, -0.15) is 0 Å². The van der Waals surface area contributed by atoms with Crippen molar-refractivity contribution in [3.05, 3.63) is 11.9 Å². The number of hydrogen-bond acceptors (Lipinski definition) is 0. The van der Waals surface area contributed by atoms with Gasteiger partial charge in [0.1, 0.15) is 5.83 Å². The molecule has 0 unspecified atom stereocenters. The normalized spacial score (nSPS) is 11.1. The van der Waals surface area contributed by atoms with Gasteiger partial charge in [0.15, 0.2) is 0 Å².